The van der Waals surface area contributed by atoms with Crippen LogP contribution in [-0.2, 0) is 0 Å². The molecule has 0 spiro atoms. The molecule has 0 unspecified atom stereocenters. The van der Waals surface area contributed by atoms with E-state index in [0.717, 1.165) is 0 Å². The van der Waals surface area contributed by atoms with E-state index in [2.05, 4.69) is 20.3 Å². The predicted molar refractivity (Wildman–Crippen MR) is 64.0 cm³/mol. The van der Waals surface area contributed by atoms with Gasteiger partial charge in [0.1, 0.15) is 10.8 Å². The van der Waals surface area contributed by atoms with Crippen molar-refractivity contribution in [2.75, 3.05) is 5.32 Å². The molecule has 86 valence electrons. The molecule has 2 aromatic rings. The van der Waals surface area contributed by atoms with Crippen LogP contribution in [0.2, 0.25) is 5.15 Å². The summed E-state index contributed by atoms with van der Waals surface area (Å²) < 4.78 is 0. The van der Waals surface area contributed by atoms with E-state index in [9.17, 15) is 4.79 Å². The topological polar surface area (TPSA) is 67.8 Å². The molecule has 0 bridgehead atoms. The first-order valence-electron chi connectivity index (χ1n) is 4.89. The number of carbonyl (C=O) groups is 1. The zero-order chi connectivity index (χ0) is 12.3. The largest absolute Gasteiger partial charge is 0.289 e. The smallest absolute Gasteiger partial charge is 0.276 e. The van der Waals surface area contributed by atoms with Crippen molar-refractivity contribution in [2.45, 2.75) is 6.92 Å². The number of aryl methyl sites for hydroxylation is 1. The molecule has 2 aromatic heterocycles. The van der Waals surface area contributed by atoms with Crippen LogP contribution >= 0.6 is 11.6 Å². The van der Waals surface area contributed by atoms with Gasteiger partial charge in [0.15, 0.2) is 0 Å². The van der Waals surface area contributed by atoms with E-state index in [1.54, 1.807) is 37.4 Å². The lowest BCUT2D eigenvalue weighted by Gasteiger charge is -2.03. The van der Waals surface area contributed by atoms with E-state index < -0.39 is 0 Å². The van der Waals surface area contributed by atoms with Crippen LogP contribution in [-0.4, -0.2) is 20.9 Å². The number of hydrogen-bond acceptors (Lipinski definition) is 4. The standard InChI is InChI=1S/C11H9ClN4O/c1-7-6-9(12)15-11(14-7)16-10(17)8-4-2-3-5-13-8/h2-6H,1H3,(H,14,15,16,17). The first-order chi connectivity index (χ1) is 8.15. The molecule has 1 N–H and O–H groups in total. The van der Waals surface area contributed by atoms with Gasteiger partial charge in [0.05, 0.1) is 0 Å². The Kier molecular flexibility index (Phi) is 3.30. The third kappa shape index (κ3) is 2.98. The maximum atomic E-state index is 11.7. The molecule has 0 fully saturated rings. The monoisotopic (exact) mass is 248 g/mol. The number of hydrogen-bond donors (Lipinski definition) is 1. The molecule has 0 saturated heterocycles. The number of nitrogens with one attached hydrogen (secondary N) is 1. The van der Waals surface area contributed by atoms with Crippen LogP contribution < -0.4 is 5.32 Å². The fourth-order valence-corrected chi connectivity index (χ4v) is 1.49. The second-order valence-electron chi connectivity index (χ2n) is 3.32. The average molecular weight is 249 g/mol. The summed E-state index contributed by atoms with van der Waals surface area (Å²) in [6.07, 6.45) is 1.54. The highest BCUT2D eigenvalue weighted by atomic mass is 35.5. The van der Waals surface area contributed by atoms with Gasteiger partial charge in [-0.15, -0.1) is 0 Å². The third-order valence-corrected chi connectivity index (χ3v) is 2.14. The van der Waals surface area contributed by atoms with Crippen molar-refractivity contribution >= 4 is 23.5 Å². The first-order valence-corrected chi connectivity index (χ1v) is 5.26. The summed E-state index contributed by atoms with van der Waals surface area (Å²) in [4.78, 5) is 23.6. The number of rotatable bonds is 2. The fourth-order valence-electron chi connectivity index (χ4n) is 1.25. The molecule has 0 atom stereocenters. The molecular weight excluding hydrogens is 240 g/mol. The van der Waals surface area contributed by atoms with Gasteiger partial charge in [0, 0.05) is 11.9 Å². The summed E-state index contributed by atoms with van der Waals surface area (Å²) in [5.41, 5.74) is 0.982. The van der Waals surface area contributed by atoms with E-state index in [-0.39, 0.29) is 17.0 Å². The van der Waals surface area contributed by atoms with Gasteiger partial charge in [-0.2, -0.15) is 0 Å². The molecule has 5 nitrogen and oxygen atoms in total. The van der Waals surface area contributed by atoms with E-state index in [4.69, 9.17) is 11.6 Å². The number of pyridine rings is 1. The minimum atomic E-state index is -0.368. The van der Waals surface area contributed by atoms with Crippen LogP contribution in [0.25, 0.3) is 0 Å². The zero-order valence-corrected chi connectivity index (χ0v) is 9.77. The number of anilines is 1. The van der Waals surface area contributed by atoms with E-state index in [1.807, 2.05) is 0 Å². The van der Waals surface area contributed by atoms with Gasteiger partial charge in [0.2, 0.25) is 5.95 Å². The Bertz CT molecular complexity index is 524. The Morgan fingerprint density at radius 3 is 2.82 bits per heavy atom. The molecule has 6 heteroatoms. The number of amides is 1. The maximum Gasteiger partial charge on any atom is 0.276 e. The Balaban J connectivity index is 2.19. The minimum absolute atomic E-state index is 0.172. The zero-order valence-electron chi connectivity index (χ0n) is 9.01. The molecule has 2 rings (SSSR count). The van der Waals surface area contributed by atoms with Gasteiger partial charge in [-0.1, -0.05) is 17.7 Å². The van der Waals surface area contributed by atoms with Gasteiger partial charge < -0.3 is 0 Å². The van der Waals surface area contributed by atoms with Gasteiger partial charge >= 0.3 is 0 Å². The van der Waals surface area contributed by atoms with E-state index >= 15 is 0 Å². The molecule has 0 aromatic carbocycles. The van der Waals surface area contributed by atoms with E-state index in [1.165, 1.54) is 0 Å². The van der Waals surface area contributed by atoms with Gasteiger partial charge in [-0.3, -0.25) is 15.1 Å². The lowest BCUT2D eigenvalue weighted by atomic mass is 10.3. The summed E-state index contributed by atoms with van der Waals surface area (Å²) in [5, 5.41) is 2.82. The molecule has 17 heavy (non-hydrogen) atoms. The number of carbonyl (C=O) groups excluding carboxylic acids is 1. The van der Waals surface area contributed by atoms with Crippen molar-refractivity contribution in [3.8, 4) is 0 Å². The number of aromatic nitrogens is 3. The normalized spacial score (nSPS) is 10.0. The highest BCUT2D eigenvalue weighted by Crippen LogP contribution is 2.10. The molecule has 2 heterocycles. The van der Waals surface area contributed by atoms with Gasteiger partial charge in [0.25, 0.3) is 5.91 Å². The van der Waals surface area contributed by atoms with Gasteiger partial charge in [-0.05, 0) is 25.1 Å². The van der Waals surface area contributed by atoms with Crippen molar-refractivity contribution in [1.29, 1.82) is 0 Å². The Morgan fingerprint density at radius 2 is 2.18 bits per heavy atom. The third-order valence-electron chi connectivity index (χ3n) is 1.95. The van der Waals surface area contributed by atoms with Crippen LogP contribution in [0.4, 0.5) is 5.95 Å². The SMILES string of the molecule is Cc1cc(Cl)nc(NC(=O)c2ccccn2)n1. The Morgan fingerprint density at radius 1 is 1.35 bits per heavy atom. The second kappa shape index (κ2) is 4.88. The summed E-state index contributed by atoms with van der Waals surface area (Å²) in [7, 11) is 0. The fraction of sp³-hybridized carbons (Fsp3) is 0.0909. The minimum Gasteiger partial charge on any atom is -0.289 e. The first kappa shape index (κ1) is 11.5. The van der Waals surface area contributed by atoms with Gasteiger partial charge in [-0.25, -0.2) is 9.97 Å². The van der Waals surface area contributed by atoms with Crippen LogP contribution in [0.3, 0.4) is 0 Å². The summed E-state index contributed by atoms with van der Waals surface area (Å²) in [6, 6.07) is 6.67. The Labute approximate surface area is 103 Å². The molecule has 0 aliphatic heterocycles. The second-order valence-corrected chi connectivity index (χ2v) is 3.71. The summed E-state index contributed by atoms with van der Waals surface area (Å²) in [6.45, 7) is 1.77. The highest BCUT2D eigenvalue weighted by Gasteiger charge is 2.09. The lowest BCUT2D eigenvalue weighted by molar-refractivity contribution is 0.102. The van der Waals surface area contributed by atoms with Crippen molar-refractivity contribution in [3.05, 3.63) is 47.0 Å². The van der Waals surface area contributed by atoms with Crippen LogP contribution in [0.15, 0.2) is 30.5 Å². The molecule has 0 aliphatic carbocycles. The molecule has 0 saturated carbocycles. The van der Waals surface area contributed by atoms with E-state index in [0.29, 0.717) is 11.4 Å². The Hall–Kier alpha value is -2.01. The summed E-state index contributed by atoms with van der Waals surface area (Å²) in [5.74, 6) is -0.196. The highest BCUT2D eigenvalue weighted by molar-refractivity contribution is 6.29. The van der Waals surface area contributed by atoms with Crippen LogP contribution in [0, 0.1) is 6.92 Å². The maximum absolute atomic E-state index is 11.7. The predicted octanol–water partition coefficient (Wildman–Crippen LogP) is 2.09. The summed E-state index contributed by atoms with van der Waals surface area (Å²) >= 11 is 5.76. The van der Waals surface area contributed by atoms with Crippen molar-refractivity contribution in [3.63, 3.8) is 0 Å². The van der Waals surface area contributed by atoms with Crippen molar-refractivity contribution in [2.24, 2.45) is 0 Å². The number of halogens is 1. The molecule has 1 amide bonds. The van der Waals surface area contributed by atoms with Crippen molar-refractivity contribution in [1.82, 2.24) is 15.0 Å². The lowest BCUT2D eigenvalue weighted by Crippen LogP contribution is -2.15. The van der Waals surface area contributed by atoms with Crippen molar-refractivity contribution < 1.29 is 4.79 Å². The number of nitrogens with zero attached hydrogens (tertiary/aromatic N) is 3. The molecular formula is C11H9ClN4O. The van der Waals surface area contributed by atoms with Crippen LogP contribution in [0.1, 0.15) is 16.2 Å². The molecule has 0 radical (unpaired) electrons. The quantitative estimate of drug-likeness (QED) is 0.827. The average Bonchev–Trinajstić information content (AvgIpc) is 2.28. The van der Waals surface area contributed by atoms with Crippen LogP contribution in [0.5, 0.6) is 0 Å². The molecule has 0 aliphatic rings.